The molecule has 0 fully saturated rings. The predicted molar refractivity (Wildman–Crippen MR) is 99.4 cm³/mol. The lowest BCUT2D eigenvalue weighted by Gasteiger charge is -2.09. The quantitative estimate of drug-likeness (QED) is 0.627. The minimum absolute atomic E-state index is 0.500. The fourth-order valence-corrected chi connectivity index (χ4v) is 2.86. The van der Waals surface area contributed by atoms with Crippen molar-refractivity contribution in [2.75, 3.05) is 0 Å². The molecule has 1 atom stereocenters. The molecule has 4 heteroatoms. The lowest BCUT2D eigenvalue weighted by molar-refractivity contribution is 0.181. The Hall–Kier alpha value is -2.17. The topological polar surface area (TPSA) is 46.3 Å². The molecule has 0 aliphatic heterocycles. The number of aliphatic hydroxyl groups is 1. The van der Waals surface area contributed by atoms with E-state index in [0.717, 1.165) is 21.2 Å². The highest BCUT2D eigenvalue weighted by Crippen LogP contribution is 2.33. The van der Waals surface area contributed by atoms with E-state index in [1.807, 2.05) is 73.7 Å². The molecule has 0 spiro atoms. The van der Waals surface area contributed by atoms with Gasteiger partial charge in [0.05, 0.1) is 17.4 Å². The minimum atomic E-state index is -0.658. The van der Waals surface area contributed by atoms with E-state index in [2.05, 4.69) is 21.1 Å². The van der Waals surface area contributed by atoms with Gasteiger partial charge < -0.3 is 9.63 Å². The van der Waals surface area contributed by atoms with E-state index in [4.69, 9.17) is 4.52 Å². The maximum absolute atomic E-state index is 10.6. The van der Waals surface area contributed by atoms with Crippen molar-refractivity contribution in [3.8, 4) is 11.3 Å². The summed E-state index contributed by atoms with van der Waals surface area (Å²) in [5, 5.41) is 14.6. The van der Waals surface area contributed by atoms with E-state index >= 15 is 0 Å². The number of benzene rings is 2. The zero-order valence-electron chi connectivity index (χ0n) is 13.3. The van der Waals surface area contributed by atoms with Crippen LogP contribution in [-0.4, -0.2) is 10.3 Å². The molecule has 3 aromatic rings. The predicted octanol–water partition coefficient (Wildman–Crippen LogP) is 5.55. The van der Waals surface area contributed by atoms with Crippen molar-refractivity contribution in [3.05, 3.63) is 82.0 Å². The van der Waals surface area contributed by atoms with Gasteiger partial charge >= 0.3 is 0 Å². The van der Waals surface area contributed by atoms with E-state index in [1.165, 1.54) is 0 Å². The molecule has 1 heterocycles. The lowest BCUT2D eigenvalue weighted by Crippen LogP contribution is -1.98. The summed E-state index contributed by atoms with van der Waals surface area (Å²) in [6.07, 6.45) is 3.82. The zero-order valence-corrected chi connectivity index (χ0v) is 14.9. The first kappa shape index (κ1) is 16.7. The number of rotatable bonds is 5. The smallest absolute Gasteiger partial charge is 0.172 e. The van der Waals surface area contributed by atoms with Crippen LogP contribution >= 0.6 is 15.9 Å². The van der Waals surface area contributed by atoms with Crippen molar-refractivity contribution in [2.24, 2.45) is 0 Å². The summed E-state index contributed by atoms with van der Waals surface area (Å²) in [6, 6.07) is 17.8. The van der Waals surface area contributed by atoms with Crippen molar-refractivity contribution in [1.82, 2.24) is 5.16 Å². The summed E-state index contributed by atoms with van der Waals surface area (Å²) in [5.74, 6) is 0.626. The van der Waals surface area contributed by atoms with E-state index in [-0.39, 0.29) is 0 Å². The van der Waals surface area contributed by atoms with Crippen LogP contribution in [0.2, 0.25) is 0 Å². The van der Waals surface area contributed by atoms with Crippen molar-refractivity contribution >= 4 is 22.0 Å². The van der Waals surface area contributed by atoms with E-state index in [9.17, 15) is 5.11 Å². The molecule has 1 aromatic heterocycles. The monoisotopic (exact) mass is 383 g/mol. The summed E-state index contributed by atoms with van der Waals surface area (Å²) in [6.45, 7) is 1.85. The maximum atomic E-state index is 10.6. The molecule has 0 saturated carbocycles. The molecule has 122 valence electrons. The number of aryl methyl sites for hydroxylation is 1. The number of hydrogen-bond acceptors (Lipinski definition) is 3. The molecule has 1 N–H and O–H groups in total. The fourth-order valence-electron chi connectivity index (χ4n) is 2.59. The van der Waals surface area contributed by atoms with Gasteiger partial charge in [0.15, 0.2) is 5.76 Å². The number of aliphatic hydroxyl groups excluding tert-OH is 1. The van der Waals surface area contributed by atoms with Gasteiger partial charge in [0, 0.05) is 10.0 Å². The highest BCUT2D eigenvalue weighted by atomic mass is 79.9. The zero-order chi connectivity index (χ0) is 16.9. The van der Waals surface area contributed by atoms with Crippen LogP contribution in [0, 0.1) is 6.92 Å². The van der Waals surface area contributed by atoms with Crippen LogP contribution in [0.1, 0.15) is 29.3 Å². The average Bonchev–Trinajstić information content (AvgIpc) is 2.98. The van der Waals surface area contributed by atoms with Gasteiger partial charge in [0.1, 0.15) is 0 Å². The van der Waals surface area contributed by atoms with Crippen molar-refractivity contribution < 1.29 is 9.63 Å². The van der Waals surface area contributed by atoms with Crippen LogP contribution in [-0.2, 0) is 0 Å². The highest BCUT2D eigenvalue weighted by Gasteiger charge is 2.21. The van der Waals surface area contributed by atoms with Crippen molar-refractivity contribution in [2.45, 2.75) is 19.4 Å². The van der Waals surface area contributed by atoms with Crippen LogP contribution in [0.25, 0.3) is 17.4 Å². The summed E-state index contributed by atoms with van der Waals surface area (Å²) in [5.41, 5.74) is 3.48. The Balaban J connectivity index is 1.80. The summed E-state index contributed by atoms with van der Waals surface area (Å²) in [4.78, 5) is 0. The van der Waals surface area contributed by atoms with Gasteiger partial charge in [-0.1, -0.05) is 75.7 Å². The van der Waals surface area contributed by atoms with Gasteiger partial charge in [-0.25, -0.2) is 0 Å². The van der Waals surface area contributed by atoms with Crippen molar-refractivity contribution in [3.63, 3.8) is 0 Å². The van der Waals surface area contributed by atoms with Crippen LogP contribution in [0.3, 0.4) is 0 Å². The molecular formula is C20H18BrNO2. The molecule has 0 radical (unpaired) electrons. The average molecular weight is 384 g/mol. The first-order valence-corrected chi connectivity index (χ1v) is 8.56. The van der Waals surface area contributed by atoms with E-state index in [0.29, 0.717) is 17.9 Å². The normalized spacial score (nSPS) is 12.6. The largest absolute Gasteiger partial charge is 0.388 e. The second-order valence-corrected chi connectivity index (χ2v) is 6.50. The molecule has 0 saturated heterocycles. The third-order valence-electron chi connectivity index (χ3n) is 3.82. The Kier molecular flexibility index (Phi) is 5.28. The Bertz CT molecular complexity index is 823. The third-order valence-corrected chi connectivity index (χ3v) is 4.35. The molecular weight excluding hydrogens is 366 g/mol. The van der Waals surface area contributed by atoms with Gasteiger partial charge in [-0.15, -0.1) is 0 Å². The Morgan fingerprint density at radius 1 is 1.12 bits per heavy atom. The lowest BCUT2D eigenvalue weighted by atomic mass is 10.00. The van der Waals surface area contributed by atoms with E-state index in [1.54, 1.807) is 0 Å². The van der Waals surface area contributed by atoms with Crippen molar-refractivity contribution in [1.29, 1.82) is 0 Å². The molecule has 24 heavy (non-hydrogen) atoms. The van der Waals surface area contributed by atoms with Crippen LogP contribution < -0.4 is 0 Å². The second kappa shape index (κ2) is 7.60. The van der Waals surface area contributed by atoms with Crippen LogP contribution in [0.15, 0.2) is 69.7 Å². The summed E-state index contributed by atoms with van der Waals surface area (Å²) >= 11 is 3.42. The molecule has 0 aliphatic carbocycles. The molecule has 2 aromatic carbocycles. The molecule has 3 rings (SSSR count). The van der Waals surface area contributed by atoms with Gasteiger partial charge in [0.25, 0.3) is 0 Å². The Labute approximate surface area is 149 Å². The molecule has 1 unspecified atom stereocenters. The summed E-state index contributed by atoms with van der Waals surface area (Å²) in [7, 11) is 0. The molecule has 0 amide bonds. The van der Waals surface area contributed by atoms with Crippen LogP contribution in [0.5, 0.6) is 0 Å². The number of halogens is 1. The van der Waals surface area contributed by atoms with Gasteiger partial charge in [0.2, 0.25) is 0 Å². The highest BCUT2D eigenvalue weighted by molar-refractivity contribution is 9.10. The standard InChI is InChI=1S/C20H18BrNO2/c1-14-19(18(23)9-5-8-15-6-3-2-4-7-15)20(24-22-14)16-10-12-17(21)13-11-16/h2-8,10-13,18,23H,9H2,1H3. The number of hydrogen-bond donors (Lipinski definition) is 1. The first-order chi connectivity index (χ1) is 11.6. The van der Waals surface area contributed by atoms with Gasteiger partial charge in [-0.2, -0.15) is 0 Å². The number of nitrogens with zero attached hydrogens (tertiary/aromatic N) is 1. The van der Waals surface area contributed by atoms with Crippen LogP contribution in [0.4, 0.5) is 0 Å². The Morgan fingerprint density at radius 3 is 2.54 bits per heavy atom. The number of aromatic nitrogens is 1. The molecule has 0 bridgehead atoms. The maximum Gasteiger partial charge on any atom is 0.172 e. The molecule has 0 aliphatic rings. The first-order valence-electron chi connectivity index (χ1n) is 7.77. The molecule has 3 nitrogen and oxygen atoms in total. The fraction of sp³-hybridized carbons (Fsp3) is 0.150. The minimum Gasteiger partial charge on any atom is -0.388 e. The second-order valence-electron chi connectivity index (χ2n) is 5.58. The van der Waals surface area contributed by atoms with E-state index < -0.39 is 6.10 Å². The van der Waals surface area contributed by atoms with Gasteiger partial charge in [-0.05, 0) is 31.0 Å². The Morgan fingerprint density at radius 2 is 1.83 bits per heavy atom. The SMILES string of the molecule is Cc1noc(-c2ccc(Br)cc2)c1C(O)CC=Cc1ccccc1. The third kappa shape index (κ3) is 3.83. The summed E-state index contributed by atoms with van der Waals surface area (Å²) < 4.78 is 6.45. The van der Waals surface area contributed by atoms with Gasteiger partial charge in [-0.3, -0.25) is 0 Å².